The lowest BCUT2D eigenvalue weighted by molar-refractivity contribution is 0.285. The smallest absolute Gasteiger partial charge is 0.280 e. The maximum atomic E-state index is 9.04. The summed E-state index contributed by atoms with van der Waals surface area (Å²) in [6, 6.07) is 7.66. The van der Waals surface area contributed by atoms with Crippen LogP contribution < -0.4 is 9.64 Å². The van der Waals surface area contributed by atoms with Crippen molar-refractivity contribution >= 4 is 28.6 Å². The van der Waals surface area contributed by atoms with Crippen LogP contribution in [0.3, 0.4) is 0 Å². The van der Waals surface area contributed by atoms with Gasteiger partial charge in [0.1, 0.15) is 10.9 Å². The van der Waals surface area contributed by atoms with Crippen molar-refractivity contribution in [3.63, 3.8) is 0 Å². The van der Waals surface area contributed by atoms with Gasteiger partial charge < -0.3 is 14.7 Å². The summed E-state index contributed by atoms with van der Waals surface area (Å²) in [6.45, 7) is -0.127. The number of thiazole rings is 1. The number of halogens is 1. The molecule has 1 heterocycles. The molecule has 0 spiro atoms. The Bertz CT molecular complexity index is 543. The quantitative estimate of drug-likeness (QED) is 0.937. The summed E-state index contributed by atoms with van der Waals surface area (Å²) in [6.07, 6.45) is 0. The molecule has 18 heavy (non-hydrogen) atoms. The second-order valence-electron chi connectivity index (χ2n) is 3.85. The second-order valence-corrected chi connectivity index (χ2v) is 5.25. The van der Waals surface area contributed by atoms with Crippen LogP contribution in [-0.4, -0.2) is 24.2 Å². The molecule has 0 bridgehead atoms. The molecule has 0 aliphatic heterocycles. The molecule has 2 aromatic rings. The summed E-state index contributed by atoms with van der Waals surface area (Å²) in [7, 11) is 3.92. The van der Waals surface area contributed by atoms with E-state index in [1.165, 1.54) is 11.3 Å². The lowest BCUT2D eigenvalue weighted by Gasteiger charge is -2.13. The maximum Gasteiger partial charge on any atom is 0.280 e. The average molecular weight is 285 g/mol. The van der Waals surface area contributed by atoms with Gasteiger partial charge in [0.05, 0.1) is 11.5 Å². The van der Waals surface area contributed by atoms with Crippen molar-refractivity contribution in [2.24, 2.45) is 0 Å². The largest absolute Gasteiger partial charge is 0.431 e. The first-order chi connectivity index (χ1) is 8.60. The summed E-state index contributed by atoms with van der Waals surface area (Å²) in [5, 5.41) is 9.76. The van der Waals surface area contributed by atoms with Crippen molar-refractivity contribution in [1.29, 1.82) is 0 Å². The minimum Gasteiger partial charge on any atom is -0.431 e. The molecule has 0 radical (unpaired) electrons. The normalized spacial score (nSPS) is 10.4. The van der Waals surface area contributed by atoms with E-state index >= 15 is 0 Å². The molecular formula is C12H13ClN2O2S. The van der Waals surface area contributed by atoms with E-state index in [0.29, 0.717) is 21.0 Å². The third kappa shape index (κ3) is 2.93. The molecule has 6 heteroatoms. The van der Waals surface area contributed by atoms with Crippen LogP contribution in [-0.2, 0) is 6.61 Å². The highest BCUT2D eigenvalue weighted by molar-refractivity contribution is 7.13. The maximum absolute atomic E-state index is 9.04. The van der Waals surface area contributed by atoms with Crippen molar-refractivity contribution < 1.29 is 9.84 Å². The van der Waals surface area contributed by atoms with E-state index in [-0.39, 0.29) is 6.61 Å². The number of nitrogens with zero attached hydrogens (tertiary/aromatic N) is 2. The Balaban J connectivity index is 2.20. The number of ether oxygens (including phenoxy) is 1. The first-order valence-electron chi connectivity index (χ1n) is 5.31. The van der Waals surface area contributed by atoms with E-state index in [4.69, 9.17) is 21.4 Å². The van der Waals surface area contributed by atoms with Crippen molar-refractivity contribution in [1.82, 2.24) is 4.98 Å². The zero-order valence-corrected chi connectivity index (χ0v) is 11.6. The predicted octanol–water partition coefficient (Wildman–Crippen LogP) is 3.15. The molecule has 0 aliphatic rings. The van der Waals surface area contributed by atoms with Crippen LogP contribution in [0.25, 0.3) is 0 Å². The van der Waals surface area contributed by atoms with Gasteiger partial charge >= 0.3 is 0 Å². The Kier molecular flexibility index (Phi) is 4.06. The van der Waals surface area contributed by atoms with Crippen molar-refractivity contribution in [3.8, 4) is 10.9 Å². The highest BCUT2D eigenvalue weighted by atomic mass is 35.5. The van der Waals surface area contributed by atoms with E-state index in [1.807, 2.05) is 43.3 Å². The molecule has 0 amide bonds. The van der Waals surface area contributed by atoms with Crippen molar-refractivity contribution in [2.75, 3.05) is 19.0 Å². The standard InChI is InChI=1S/C12H13ClN2O2S/c1-15(2)8-4-3-5-9(6-8)17-12-14-11(13)10(7-16)18-12/h3-6,16H,7H2,1-2H3. The number of aromatic nitrogens is 1. The molecule has 0 aliphatic carbocycles. The van der Waals surface area contributed by atoms with Crippen LogP contribution in [0.1, 0.15) is 4.88 Å². The number of aliphatic hydroxyl groups excluding tert-OH is 1. The summed E-state index contributed by atoms with van der Waals surface area (Å²) in [4.78, 5) is 6.63. The van der Waals surface area contributed by atoms with Gasteiger partial charge in [-0.3, -0.25) is 0 Å². The molecule has 0 saturated carbocycles. The van der Waals surface area contributed by atoms with Gasteiger partial charge in [-0.2, -0.15) is 4.98 Å². The monoisotopic (exact) mass is 284 g/mol. The summed E-state index contributed by atoms with van der Waals surface area (Å²) in [5.41, 5.74) is 1.04. The number of aliphatic hydroxyl groups is 1. The lowest BCUT2D eigenvalue weighted by Crippen LogP contribution is -2.08. The molecule has 2 rings (SSSR count). The Hall–Kier alpha value is -1.30. The van der Waals surface area contributed by atoms with Crippen LogP contribution in [0.4, 0.5) is 5.69 Å². The summed E-state index contributed by atoms with van der Waals surface area (Å²) >= 11 is 7.08. The second kappa shape index (κ2) is 5.56. The number of hydrogen-bond donors (Lipinski definition) is 1. The molecule has 0 atom stereocenters. The first-order valence-corrected chi connectivity index (χ1v) is 6.51. The molecule has 0 fully saturated rings. The van der Waals surface area contributed by atoms with E-state index in [2.05, 4.69) is 4.98 Å². The fourth-order valence-corrected chi connectivity index (χ4v) is 2.36. The molecule has 1 aromatic carbocycles. The van der Waals surface area contributed by atoms with Gasteiger partial charge in [0.15, 0.2) is 0 Å². The highest BCUT2D eigenvalue weighted by Crippen LogP contribution is 2.32. The third-order valence-electron chi connectivity index (χ3n) is 2.31. The number of benzene rings is 1. The Morgan fingerprint density at radius 2 is 2.22 bits per heavy atom. The molecule has 4 nitrogen and oxygen atoms in total. The first kappa shape index (κ1) is 13.1. The minimum absolute atomic E-state index is 0.127. The fraction of sp³-hybridized carbons (Fsp3) is 0.250. The number of hydrogen-bond acceptors (Lipinski definition) is 5. The summed E-state index contributed by atoms with van der Waals surface area (Å²) in [5.74, 6) is 0.691. The van der Waals surface area contributed by atoms with Crippen LogP contribution in [0, 0.1) is 0 Å². The van der Waals surface area contributed by atoms with Gasteiger partial charge in [-0.05, 0) is 12.1 Å². The van der Waals surface area contributed by atoms with Crippen LogP contribution in [0.5, 0.6) is 10.9 Å². The molecule has 96 valence electrons. The lowest BCUT2D eigenvalue weighted by atomic mass is 10.3. The van der Waals surface area contributed by atoms with Gasteiger partial charge in [-0.25, -0.2) is 0 Å². The van der Waals surface area contributed by atoms with E-state index in [1.54, 1.807) is 0 Å². The molecular weight excluding hydrogens is 272 g/mol. The van der Waals surface area contributed by atoms with Crippen LogP contribution in [0.2, 0.25) is 5.15 Å². The Morgan fingerprint density at radius 3 is 2.83 bits per heavy atom. The van der Waals surface area contributed by atoms with E-state index in [9.17, 15) is 0 Å². The fourth-order valence-electron chi connectivity index (χ4n) is 1.38. The van der Waals surface area contributed by atoms with Gasteiger partial charge in [-0.1, -0.05) is 29.0 Å². The number of anilines is 1. The Morgan fingerprint density at radius 1 is 1.44 bits per heavy atom. The van der Waals surface area contributed by atoms with Crippen LogP contribution >= 0.6 is 22.9 Å². The summed E-state index contributed by atoms with van der Waals surface area (Å²) < 4.78 is 5.62. The Labute approximate surface area is 114 Å². The molecule has 1 N–H and O–H groups in total. The third-order valence-corrected chi connectivity index (χ3v) is 3.66. The SMILES string of the molecule is CN(C)c1cccc(Oc2nc(Cl)c(CO)s2)c1. The zero-order chi connectivity index (χ0) is 13.1. The molecule has 1 aromatic heterocycles. The van der Waals surface area contributed by atoms with Gasteiger partial charge in [0, 0.05) is 25.8 Å². The minimum atomic E-state index is -0.127. The highest BCUT2D eigenvalue weighted by Gasteiger charge is 2.10. The zero-order valence-electron chi connectivity index (χ0n) is 10.1. The van der Waals surface area contributed by atoms with Gasteiger partial charge in [0.25, 0.3) is 5.19 Å². The molecule has 0 saturated heterocycles. The molecule has 0 unspecified atom stereocenters. The topological polar surface area (TPSA) is 45.6 Å². The predicted molar refractivity (Wildman–Crippen MR) is 73.9 cm³/mol. The van der Waals surface area contributed by atoms with Crippen molar-refractivity contribution in [2.45, 2.75) is 6.61 Å². The van der Waals surface area contributed by atoms with E-state index < -0.39 is 0 Å². The van der Waals surface area contributed by atoms with Crippen LogP contribution in [0.15, 0.2) is 24.3 Å². The number of rotatable bonds is 4. The van der Waals surface area contributed by atoms with Crippen molar-refractivity contribution in [3.05, 3.63) is 34.3 Å². The average Bonchev–Trinajstić information content (AvgIpc) is 2.69. The van der Waals surface area contributed by atoms with Gasteiger partial charge in [-0.15, -0.1) is 0 Å². The van der Waals surface area contributed by atoms with E-state index in [0.717, 1.165) is 5.69 Å². The van der Waals surface area contributed by atoms with Gasteiger partial charge in [0.2, 0.25) is 0 Å².